The molecule has 0 saturated carbocycles. The highest BCUT2D eigenvalue weighted by Crippen LogP contribution is 2.22. The number of aromatic nitrogens is 1. The van der Waals surface area contributed by atoms with Crippen molar-refractivity contribution in [1.29, 1.82) is 0 Å². The third-order valence-corrected chi connectivity index (χ3v) is 5.43. The lowest BCUT2D eigenvalue weighted by Crippen LogP contribution is -2.00. The Morgan fingerprint density at radius 1 is 1.00 bits per heavy atom. The average molecular weight is 428 g/mol. The van der Waals surface area contributed by atoms with Crippen molar-refractivity contribution in [2.24, 2.45) is 4.99 Å². The first kappa shape index (κ1) is 17.0. The first-order valence-electron chi connectivity index (χ1n) is 8.05. The molecule has 0 saturated heterocycles. The number of nitrogens with zero attached hydrogens (tertiary/aromatic N) is 2. The van der Waals surface area contributed by atoms with Crippen molar-refractivity contribution in [1.82, 2.24) is 4.57 Å². The molecule has 0 aliphatic heterocycles. The van der Waals surface area contributed by atoms with Crippen LogP contribution in [0.3, 0.4) is 0 Å². The molecule has 122 valence electrons. The minimum Gasteiger partial charge on any atom is -0.318 e. The lowest BCUT2D eigenvalue weighted by molar-refractivity contribution is 0.961. The van der Waals surface area contributed by atoms with Gasteiger partial charge < -0.3 is 4.57 Å². The van der Waals surface area contributed by atoms with Crippen LogP contribution in [0.4, 0.5) is 0 Å². The van der Waals surface area contributed by atoms with Gasteiger partial charge in [0.2, 0.25) is 0 Å². The maximum Gasteiger partial charge on any atom is 0.0639 e. The van der Waals surface area contributed by atoms with Gasteiger partial charge in [-0.3, -0.25) is 4.99 Å². The monoisotopic (exact) mass is 428 g/mol. The molecule has 0 radical (unpaired) electrons. The van der Waals surface area contributed by atoms with Crippen LogP contribution in [0.15, 0.2) is 59.6 Å². The van der Waals surface area contributed by atoms with Crippen LogP contribution in [0.2, 0.25) is 0 Å². The van der Waals surface area contributed by atoms with E-state index in [1.807, 2.05) is 12.3 Å². The van der Waals surface area contributed by atoms with Gasteiger partial charge in [0, 0.05) is 32.4 Å². The largest absolute Gasteiger partial charge is 0.318 e. The highest BCUT2D eigenvalue weighted by atomic mass is 127. The summed E-state index contributed by atoms with van der Waals surface area (Å²) in [7, 11) is 0. The van der Waals surface area contributed by atoms with Crippen LogP contribution in [0.25, 0.3) is 5.69 Å². The van der Waals surface area contributed by atoms with Gasteiger partial charge in [0.05, 0.1) is 6.54 Å². The fraction of sp³-hybridized carbons (Fsp3) is 0.190. The molecular formula is C21H21IN2. The lowest BCUT2D eigenvalue weighted by Gasteiger charge is -2.11. The second-order valence-corrected chi connectivity index (χ2v) is 7.21. The van der Waals surface area contributed by atoms with E-state index in [1.165, 1.54) is 37.3 Å². The molecule has 0 N–H and O–H groups in total. The minimum absolute atomic E-state index is 0.715. The number of aryl methyl sites for hydroxylation is 2. The zero-order valence-electron chi connectivity index (χ0n) is 14.3. The van der Waals surface area contributed by atoms with Crippen molar-refractivity contribution in [3.05, 3.63) is 86.2 Å². The van der Waals surface area contributed by atoms with Crippen molar-refractivity contribution >= 4 is 28.8 Å². The topological polar surface area (TPSA) is 17.3 Å². The molecule has 0 aliphatic rings. The summed E-state index contributed by atoms with van der Waals surface area (Å²) in [6, 6.07) is 19.1. The van der Waals surface area contributed by atoms with Crippen LogP contribution in [0.1, 0.15) is 28.1 Å². The summed E-state index contributed by atoms with van der Waals surface area (Å²) in [5, 5.41) is 0. The zero-order chi connectivity index (χ0) is 17.1. The van der Waals surface area contributed by atoms with E-state index in [4.69, 9.17) is 0 Å². The quantitative estimate of drug-likeness (QED) is 0.379. The Labute approximate surface area is 157 Å². The molecule has 0 bridgehead atoms. The molecule has 3 aromatic rings. The molecule has 3 heteroatoms. The Balaban J connectivity index is 1.87. The number of aliphatic imine (C=N–C) groups is 1. The number of hydrogen-bond donors (Lipinski definition) is 0. The van der Waals surface area contributed by atoms with E-state index in [2.05, 4.69) is 101 Å². The standard InChI is InChI=1S/C21H21IN2/c1-15-11-20(9-10-21(15)22)24-16(2)12-19(17(24)3)14-23-13-18-7-5-4-6-8-18/h4-12,14H,13H2,1-3H3. The van der Waals surface area contributed by atoms with Crippen LogP contribution in [0.5, 0.6) is 0 Å². The Morgan fingerprint density at radius 2 is 1.75 bits per heavy atom. The van der Waals surface area contributed by atoms with Gasteiger partial charge in [0.15, 0.2) is 0 Å². The van der Waals surface area contributed by atoms with Crippen molar-refractivity contribution in [3.63, 3.8) is 0 Å². The van der Waals surface area contributed by atoms with E-state index in [0.29, 0.717) is 6.54 Å². The third-order valence-electron chi connectivity index (χ3n) is 4.22. The van der Waals surface area contributed by atoms with Crippen LogP contribution in [0, 0.1) is 24.3 Å². The summed E-state index contributed by atoms with van der Waals surface area (Å²) in [6.07, 6.45) is 1.99. The van der Waals surface area contributed by atoms with Crippen molar-refractivity contribution in [2.75, 3.05) is 0 Å². The highest BCUT2D eigenvalue weighted by molar-refractivity contribution is 14.1. The molecule has 0 fully saturated rings. The van der Waals surface area contributed by atoms with Crippen molar-refractivity contribution < 1.29 is 0 Å². The Morgan fingerprint density at radius 3 is 2.46 bits per heavy atom. The van der Waals surface area contributed by atoms with Gasteiger partial charge in [0.1, 0.15) is 0 Å². The maximum absolute atomic E-state index is 4.61. The molecule has 24 heavy (non-hydrogen) atoms. The summed E-state index contributed by atoms with van der Waals surface area (Å²) >= 11 is 2.38. The Kier molecular flexibility index (Phi) is 5.19. The molecular weight excluding hydrogens is 407 g/mol. The molecule has 3 rings (SSSR count). The SMILES string of the molecule is Cc1cc(-n2c(C)cc(C=NCc3ccccc3)c2C)ccc1I. The molecule has 0 atom stereocenters. The van der Waals surface area contributed by atoms with E-state index in [9.17, 15) is 0 Å². The van der Waals surface area contributed by atoms with Gasteiger partial charge in [-0.25, -0.2) is 0 Å². The van der Waals surface area contributed by atoms with Crippen LogP contribution in [-0.2, 0) is 6.54 Å². The Bertz CT molecular complexity index is 876. The van der Waals surface area contributed by atoms with Gasteiger partial charge in [-0.2, -0.15) is 0 Å². The smallest absolute Gasteiger partial charge is 0.0639 e. The summed E-state index contributed by atoms with van der Waals surface area (Å²) in [6.45, 7) is 7.17. The number of halogens is 1. The van der Waals surface area contributed by atoms with Crippen LogP contribution < -0.4 is 0 Å². The summed E-state index contributed by atoms with van der Waals surface area (Å²) < 4.78 is 3.59. The number of rotatable bonds is 4. The molecule has 0 aliphatic carbocycles. The molecule has 0 unspecified atom stereocenters. The second-order valence-electron chi connectivity index (χ2n) is 6.05. The fourth-order valence-corrected chi connectivity index (χ4v) is 3.25. The van der Waals surface area contributed by atoms with E-state index in [-0.39, 0.29) is 0 Å². The van der Waals surface area contributed by atoms with Gasteiger partial charge in [-0.15, -0.1) is 0 Å². The van der Waals surface area contributed by atoms with Crippen LogP contribution >= 0.6 is 22.6 Å². The van der Waals surface area contributed by atoms with E-state index < -0.39 is 0 Å². The summed E-state index contributed by atoms with van der Waals surface area (Å²) in [4.78, 5) is 4.61. The minimum atomic E-state index is 0.715. The first-order chi connectivity index (χ1) is 11.6. The third kappa shape index (κ3) is 3.61. The molecule has 1 heterocycles. The molecule has 2 aromatic carbocycles. The Hall–Kier alpha value is -1.88. The van der Waals surface area contributed by atoms with Crippen molar-refractivity contribution in [2.45, 2.75) is 27.3 Å². The van der Waals surface area contributed by atoms with E-state index in [0.717, 1.165) is 0 Å². The first-order valence-corrected chi connectivity index (χ1v) is 9.13. The molecule has 0 spiro atoms. The highest BCUT2D eigenvalue weighted by Gasteiger charge is 2.10. The molecule has 2 nitrogen and oxygen atoms in total. The molecule has 0 amide bonds. The lowest BCUT2D eigenvalue weighted by atomic mass is 10.2. The zero-order valence-corrected chi connectivity index (χ0v) is 16.4. The summed E-state index contributed by atoms with van der Waals surface area (Å²) in [5.74, 6) is 0. The number of hydrogen-bond acceptors (Lipinski definition) is 1. The second kappa shape index (κ2) is 7.34. The van der Waals surface area contributed by atoms with Gasteiger partial charge in [-0.1, -0.05) is 30.3 Å². The molecule has 1 aromatic heterocycles. The van der Waals surface area contributed by atoms with Gasteiger partial charge in [0.25, 0.3) is 0 Å². The maximum atomic E-state index is 4.61. The predicted octanol–water partition coefficient (Wildman–Crippen LogP) is 5.63. The van der Waals surface area contributed by atoms with E-state index in [1.54, 1.807) is 0 Å². The average Bonchev–Trinajstić information content (AvgIpc) is 2.85. The van der Waals surface area contributed by atoms with Gasteiger partial charge in [-0.05, 0) is 78.8 Å². The fourth-order valence-electron chi connectivity index (χ4n) is 2.92. The van der Waals surface area contributed by atoms with E-state index >= 15 is 0 Å². The van der Waals surface area contributed by atoms with Crippen molar-refractivity contribution in [3.8, 4) is 5.69 Å². The normalized spacial score (nSPS) is 11.3. The van der Waals surface area contributed by atoms with Crippen LogP contribution in [-0.4, -0.2) is 10.8 Å². The number of benzene rings is 2. The summed E-state index contributed by atoms with van der Waals surface area (Å²) in [5.41, 5.74) is 7.39. The predicted molar refractivity (Wildman–Crippen MR) is 110 cm³/mol. The van der Waals surface area contributed by atoms with Gasteiger partial charge >= 0.3 is 0 Å².